The molecule has 0 radical (unpaired) electrons. The second kappa shape index (κ2) is 4.93. The van der Waals surface area contributed by atoms with Gasteiger partial charge in [0.1, 0.15) is 5.82 Å². The molecule has 2 nitrogen and oxygen atoms in total. The van der Waals surface area contributed by atoms with Gasteiger partial charge in [-0.25, -0.2) is 4.39 Å². The summed E-state index contributed by atoms with van der Waals surface area (Å²) in [5, 5.41) is 10.2. The van der Waals surface area contributed by atoms with Crippen LogP contribution < -0.4 is 0 Å². The van der Waals surface area contributed by atoms with Gasteiger partial charge in [-0.2, -0.15) is 0 Å². The van der Waals surface area contributed by atoms with Crippen LogP contribution in [-0.4, -0.2) is 18.3 Å². The van der Waals surface area contributed by atoms with E-state index in [4.69, 9.17) is 4.74 Å². The molecule has 0 bridgehead atoms. The van der Waals surface area contributed by atoms with Crippen molar-refractivity contribution in [1.29, 1.82) is 0 Å². The molecule has 0 saturated carbocycles. The molecule has 1 fully saturated rings. The first-order chi connectivity index (χ1) is 7.68. The average molecular weight is 224 g/mol. The fraction of sp³-hybridized carbons (Fsp3) is 0.538. The second-order valence-electron chi connectivity index (χ2n) is 4.42. The molecule has 0 aliphatic carbocycles. The van der Waals surface area contributed by atoms with Gasteiger partial charge in [0.2, 0.25) is 0 Å². The Morgan fingerprint density at radius 3 is 2.94 bits per heavy atom. The van der Waals surface area contributed by atoms with Crippen LogP contribution in [0.15, 0.2) is 18.2 Å². The number of ether oxygens (including phenoxy) is 1. The molecule has 1 heterocycles. The normalized spacial score (nSPS) is 23.1. The summed E-state index contributed by atoms with van der Waals surface area (Å²) in [5.41, 5.74) is 1.62. The number of benzene rings is 1. The van der Waals surface area contributed by atoms with Crippen molar-refractivity contribution in [2.75, 3.05) is 13.2 Å². The molecule has 2 atom stereocenters. The number of aliphatic hydroxyl groups is 1. The third-order valence-electron chi connectivity index (χ3n) is 3.19. The molecule has 1 aliphatic rings. The van der Waals surface area contributed by atoms with E-state index in [1.54, 1.807) is 6.07 Å². The predicted octanol–water partition coefficient (Wildman–Crippen LogP) is 2.59. The minimum Gasteiger partial charge on any atom is -0.388 e. The van der Waals surface area contributed by atoms with Crippen molar-refractivity contribution in [2.24, 2.45) is 5.92 Å². The van der Waals surface area contributed by atoms with Gasteiger partial charge in [-0.15, -0.1) is 0 Å². The average Bonchev–Trinajstić information content (AvgIpc) is 2.29. The zero-order valence-electron chi connectivity index (χ0n) is 9.45. The van der Waals surface area contributed by atoms with Crippen molar-refractivity contribution in [3.05, 3.63) is 35.1 Å². The van der Waals surface area contributed by atoms with Crippen molar-refractivity contribution in [3.63, 3.8) is 0 Å². The van der Waals surface area contributed by atoms with E-state index in [0.717, 1.165) is 30.6 Å². The first-order valence-electron chi connectivity index (χ1n) is 5.70. The van der Waals surface area contributed by atoms with Gasteiger partial charge >= 0.3 is 0 Å². The van der Waals surface area contributed by atoms with E-state index in [2.05, 4.69) is 0 Å². The van der Waals surface area contributed by atoms with E-state index in [1.807, 2.05) is 6.92 Å². The van der Waals surface area contributed by atoms with Crippen LogP contribution in [0.25, 0.3) is 0 Å². The molecule has 2 unspecified atom stereocenters. The van der Waals surface area contributed by atoms with Gasteiger partial charge in [0, 0.05) is 12.5 Å². The van der Waals surface area contributed by atoms with Crippen LogP contribution in [0, 0.1) is 18.7 Å². The van der Waals surface area contributed by atoms with Gasteiger partial charge in [-0.1, -0.05) is 6.07 Å². The van der Waals surface area contributed by atoms with E-state index in [-0.39, 0.29) is 11.7 Å². The largest absolute Gasteiger partial charge is 0.388 e. The Morgan fingerprint density at radius 1 is 1.50 bits per heavy atom. The van der Waals surface area contributed by atoms with Crippen molar-refractivity contribution < 1.29 is 14.2 Å². The molecule has 0 amide bonds. The van der Waals surface area contributed by atoms with Crippen molar-refractivity contribution in [2.45, 2.75) is 25.9 Å². The smallest absolute Gasteiger partial charge is 0.123 e. The van der Waals surface area contributed by atoms with E-state index < -0.39 is 6.10 Å². The van der Waals surface area contributed by atoms with Gasteiger partial charge in [0.15, 0.2) is 0 Å². The van der Waals surface area contributed by atoms with Gasteiger partial charge in [-0.05, 0) is 43.0 Å². The van der Waals surface area contributed by atoms with Gasteiger partial charge in [-0.3, -0.25) is 0 Å². The maximum atomic E-state index is 12.9. The minimum atomic E-state index is -0.541. The molecule has 88 valence electrons. The Kier molecular flexibility index (Phi) is 3.56. The Labute approximate surface area is 95.1 Å². The molecule has 3 heteroatoms. The summed E-state index contributed by atoms with van der Waals surface area (Å²) < 4.78 is 18.3. The first-order valence-corrected chi connectivity index (χ1v) is 5.70. The summed E-state index contributed by atoms with van der Waals surface area (Å²) >= 11 is 0. The topological polar surface area (TPSA) is 29.5 Å². The maximum absolute atomic E-state index is 12.9. The van der Waals surface area contributed by atoms with Crippen molar-refractivity contribution >= 4 is 0 Å². The minimum absolute atomic E-state index is 0.137. The van der Waals surface area contributed by atoms with E-state index >= 15 is 0 Å². The predicted molar refractivity (Wildman–Crippen MR) is 59.6 cm³/mol. The SMILES string of the molecule is Cc1cc(F)ccc1C(O)C1CCCOC1. The highest BCUT2D eigenvalue weighted by molar-refractivity contribution is 5.29. The Bertz CT molecular complexity index is 359. The van der Waals surface area contributed by atoms with Crippen LogP contribution in [0.3, 0.4) is 0 Å². The lowest BCUT2D eigenvalue weighted by molar-refractivity contribution is -0.0102. The van der Waals surface area contributed by atoms with Gasteiger partial charge in [0.05, 0.1) is 12.7 Å². The molecule has 1 N–H and O–H groups in total. The second-order valence-corrected chi connectivity index (χ2v) is 4.42. The number of aliphatic hydroxyl groups excluding tert-OH is 1. The fourth-order valence-corrected chi connectivity index (χ4v) is 2.24. The van der Waals surface area contributed by atoms with Crippen LogP contribution in [-0.2, 0) is 4.74 Å². The monoisotopic (exact) mass is 224 g/mol. The van der Waals surface area contributed by atoms with Crippen LogP contribution in [0.1, 0.15) is 30.1 Å². The van der Waals surface area contributed by atoms with Crippen molar-refractivity contribution in [1.82, 2.24) is 0 Å². The maximum Gasteiger partial charge on any atom is 0.123 e. The Hall–Kier alpha value is -0.930. The highest BCUT2D eigenvalue weighted by atomic mass is 19.1. The lowest BCUT2D eigenvalue weighted by Crippen LogP contribution is -2.24. The first kappa shape index (κ1) is 11.6. The van der Waals surface area contributed by atoms with Crippen LogP contribution >= 0.6 is 0 Å². The molecule has 1 aliphatic heterocycles. The molecule has 16 heavy (non-hydrogen) atoms. The summed E-state index contributed by atoms with van der Waals surface area (Å²) in [6.45, 7) is 3.20. The summed E-state index contributed by atoms with van der Waals surface area (Å²) in [7, 11) is 0. The number of hydrogen-bond acceptors (Lipinski definition) is 2. The zero-order chi connectivity index (χ0) is 11.5. The zero-order valence-corrected chi connectivity index (χ0v) is 9.45. The summed E-state index contributed by atoms with van der Waals surface area (Å²) in [4.78, 5) is 0. The molecule has 0 spiro atoms. The molecule has 1 aromatic rings. The van der Waals surface area contributed by atoms with E-state index in [0.29, 0.717) is 6.61 Å². The number of halogens is 1. The highest BCUT2D eigenvalue weighted by Crippen LogP contribution is 2.30. The fourth-order valence-electron chi connectivity index (χ4n) is 2.24. The van der Waals surface area contributed by atoms with E-state index in [1.165, 1.54) is 12.1 Å². The standard InChI is InChI=1S/C13H17FO2/c1-9-7-11(14)4-5-12(9)13(15)10-3-2-6-16-8-10/h4-5,7,10,13,15H,2-3,6,8H2,1H3. The van der Waals surface area contributed by atoms with E-state index in [9.17, 15) is 9.50 Å². The lowest BCUT2D eigenvalue weighted by Gasteiger charge is -2.27. The number of hydrogen-bond donors (Lipinski definition) is 1. The molecular weight excluding hydrogens is 207 g/mol. The van der Waals surface area contributed by atoms with Gasteiger partial charge in [0.25, 0.3) is 0 Å². The Balaban J connectivity index is 2.15. The summed E-state index contributed by atoms with van der Waals surface area (Å²) in [6.07, 6.45) is 1.42. The van der Waals surface area contributed by atoms with Crippen LogP contribution in [0.4, 0.5) is 4.39 Å². The number of aryl methyl sites for hydroxylation is 1. The summed E-state index contributed by atoms with van der Waals surface area (Å²) in [5.74, 6) is -0.119. The molecule has 2 rings (SSSR count). The van der Waals surface area contributed by atoms with Crippen molar-refractivity contribution in [3.8, 4) is 0 Å². The molecule has 0 aromatic heterocycles. The Morgan fingerprint density at radius 2 is 2.31 bits per heavy atom. The molecule has 1 aromatic carbocycles. The lowest BCUT2D eigenvalue weighted by atomic mass is 9.89. The van der Waals surface area contributed by atoms with Crippen LogP contribution in [0.5, 0.6) is 0 Å². The molecule has 1 saturated heterocycles. The summed E-state index contributed by atoms with van der Waals surface area (Å²) in [6, 6.07) is 4.53. The third-order valence-corrected chi connectivity index (χ3v) is 3.19. The third kappa shape index (κ3) is 2.42. The highest BCUT2D eigenvalue weighted by Gasteiger charge is 2.24. The number of rotatable bonds is 2. The quantitative estimate of drug-likeness (QED) is 0.836. The molecular formula is C13H17FO2. The van der Waals surface area contributed by atoms with Crippen LogP contribution in [0.2, 0.25) is 0 Å². The van der Waals surface area contributed by atoms with Gasteiger partial charge < -0.3 is 9.84 Å².